The number of fused-ring (bicyclic) bond motifs is 1. The van der Waals surface area contributed by atoms with Crippen molar-refractivity contribution < 1.29 is 0 Å². The van der Waals surface area contributed by atoms with E-state index in [9.17, 15) is 0 Å². The summed E-state index contributed by atoms with van der Waals surface area (Å²) in [5.74, 6) is 0.663. The summed E-state index contributed by atoms with van der Waals surface area (Å²) < 4.78 is 0. The number of nitrogens with zero attached hydrogens (tertiary/aromatic N) is 1. The van der Waals surface area contributed by atoms with Crippen LogP contribution in [0.1, 0.15) is 26.3 Å². The van der Waals surface area contributed by atoms with Crippen LogP contribution < -0.4 is 5.32 Å². The second-order valence-corrected chi connectivity index (χ2v) is 4.71. The van der Waals surface area contributed by atoms with Gasteiger partial charge in [0.1, 0.15) is 0 Å². The van der Waals surface area contributed by atoms with Gasteiger partial charge in [-0.1, -0.05) is 26.0 Å². The Bertz CT molecular complexity index is 459. The number of aromatic amines is 1. The van der Waals surface area contributed by atoms with Crippen LogP contribution in [0.2, 0.25) is 0 Å². The van der Waals surface area contributed by atoms with Crippen molar-refractivity contribution in [2.24, 2.45) is 5.92 Å². The average molecular weight is 217 g/mol. The molecule has 3 nitrogen and oxygen atoms in total. The standard InChI is InChI=1S/C13H19N3/c1-9(2)10(3)14-7-11-4-5-12-8-15-16-13(12)6-11/h4-6,8-10,14H,7H2,1-3H3,(H,15,16). The average Bonchev–Trinajstić information content (AvgIpc) is 2.72. The van der Waals surface area contributed by atoms with Gasteiger partial charge in [0.05, 0.1) is 11.7 Å². The van der Waals surface area contributed by atoms with Gasteiger partial charge < -0.3 is 5.32 Å². The fourth-order valence-electron chi connectivity index (χ4n) is 1.61. The molecule has 0 spiro atoms. The topological polar surface area (TPSA) is 40.7 Å². The van der Waals surface area contributed by atoms with Gasteiger partial charge in [-0.05, 0) is 24.5 Å². The van der Waals surface area contributed by atoms with Crippen LogP contribution in [0.4, 0.5) is 0 Å². The van der Waals surface area contributed by atoms with Gasteiger partial charge in [0.2, 0.25) is 0 Å². The number of hydrogen-bond acceptors (Lipinski definition) is 2. The van der Waals surface area contributed by atoms with Gasteiger partial charge in [0.15, 0.2) is 0 Å². The summed E-state index contributed by atoms with van der Waals surface area (Å²) in [6.45, 7) is 7.60. The van der Waals surface area contributed by atoms with Gasteiger partial charge >= 0.3 is 0 Å². The predicted molar refractivity (Wildman–Crippen MR) is 67.2 cm³/mol. The molecule has 0 amide bonds. The molecule has 1 aromatic carbocycles. The molecular formula is C13H19N3. The van der Waals surface area contributed by atoms with E-state index in [0.29, 0.717) is 12.0 Å². The van der Waals surface area contributed by atoms with Crippen molar-refractivity contribution in [3.63, 3.8) is 0 Å². The highest BCUT2D eigenvalue weighted by atomic mass is 15.1. The van der Waals surface area contributed by atoms with Gasteiger partial charge in [-0.15, -0.1) is 0 Å². The molecule has 2 rings (SSSR count). The maximum Gasteiger partial charge on any atom is 0.0653 e. The third kappa shape index (κ3) is 2.42. The minimum absolute atomic E-state index is 0.539. The fraction of sp³-hybridized carbons (Fsp3) is 0.462. The highest BCUT2D eigenvalue weighted by Crippen LogP contribution is 2.13. The molecule has 0 aliphatic heterocycles. The minimum atomic E-state index is 0.539. The lowest BCUT2D eigenvalue weighted by molar-refractivity contribution is 0.426. The second-order valence-electron chi connectivity index (χ2n) is 4.71. The van der Waals surface area contributed by atoms with Crippen LogP contribution in [0.15, 0.2) is 24.4 Å². The number of aromatic nitrogens is 2. The Kier molecular flexibility index (Phi) is 3.25. The zero-order chi connectivity index (χ0) is 11.5. The Labute approximate surface area is 96.2 Å². The van der Waals surface area contributed by atoms with Crippen LogP contribution in [0, 0.1) is 5.92 Å². The van der Waals surface area contributed by atoms with Gasteiger partial charge in [-0.25, -0.2) is 0 Å². The zero-order valence-corrected chi connectivity index (χ0v) is 10.1. The van der Waals surface area contributed by atoms with Crippen molar-refractivity contribution in [3.8, 4) is 0 Å². The fourth-order valence-corrected chi connectivity index (χ4v) is 1.61. The molecule has 1 unspecified atom stereocenters. The van der Waals surface area contributed by atoms with E-state index in [2.05, 4.69) is 54.5 Å². The molecule has 0 aliphatic carbocycles. The first-order valence-electron chi connectivity index (χ1n) is 5.82. The molecule has 0 saturated heterocycles. The maximum atomic E-state index is 4.02. The summed E-state index contributed by atoms with van der Waals surface area (Å²) in [5.41, 5.74) is 2.40. The van der Waals surface area contributed by atoms with E-state index >= 15 is 0 Å². The second kappa shape index (κ2) is 4.66. The summed E-state index contributed by atoms with van der Waals surface area (Å²) in [4.78, 5) is 0. The Morgan fingerprint density at radius 1 is 1.31 bits per heavy atom. The smallest absolute Gasteiger partial charge is 0.0653 e. The molecule has 0 aliphatic rings. The number of rotatable bonds is 4. The van der Waals surface area contributed by atoms with Crippen molar-refractivity contribution in [1.82, 2.24) is 15.5 Å². The normalized spacial score (nSPS) is 13.5. The number of H-pyrrole nitrogens is 1. The van der Waals surface area contributed by atoms with E-state index in [1.54, 1.807) is 0 Å². The van der Waals surface area contributed by atoms with Crippen LogP contribution in [-0.2, 0) is 6.54 Å². The van der Waals surface area contributed by atoms with E-state index in [1.165, 1.54) is 10.9 Å². The molecule has 1 heterocycles. The van der Waals surface area contributed by atoms with Gasteiger partial charge in [-0.3, -0.25) is 5.10 Å². The van der Waals surface area contributed by atoms with Crippen molar-refractivity contribution in [1.29, 1.82) is 0 Å². The summed E-state index contributed by atoms with van der Waals surface area (Å²) in [6, 6.07) is 6.95. The molecule has 2 aromatic rings. The van der Waals surface area contributed by atoms with E-state index in [-0.39, 0.29) is 0 Å². The summed E-state index contributed by atoms with van der Waals surface area (Å²) >= 11 is 0. The molecule has 2 N–H and O–H groups in total. The SMILES string of the molecule is CC(C)C(C)NCc1ccc2cn[nH]c2c1. The van der Waals surface area contributed by atoms with Crippen molar-refractivity contribution in [3.05, 3.63) is 30.0 Å². The lowest BCUT2D eigenvalue weighted by atomic mass is 10.1. The third-order valence-corrected chi connectivity index (χ3v) is 3.13. The van der Waals surface area contributed by atoms with Gasteiger partial charge in [-0.2, -0.15) is 5.10 Å². The number of nitrogens with one attached hydrogen (secondary N) is 2. The lowest BCUT2D eigenvalue weighted by Gasteiger charge is -2.17. The first-order valence-corrected chi connectivity index (χ1v) is 5.82. The van der Waals surface area contributed by atoms with Crippen LogP contribution in [0.25, 0.3) is 10.9 Å². The number of benzene rings is 1. The minimum Gasteiger partial charge on any atom is -0.310 e. The van der Waals surface area contributed by atoms with E-state index < -0.39 is 0 Å². The lowest BCUT2D eigenvalue weighted by Crippen LogP contribution is -2.30. The van der Waals surface area contributed by atoms with Crippen molar-refractivity contribution in [2.45, 2.75) is 33.4 Å². The molecule has 1 aromatic heterocycles. The Morgan fingerprint density at radius 3 is 2.88 bits per heavy atom. The first-order chi connectivity index (χ1) is 7.66. The molecule has 0 bridgehead atoms. The summed E-state index contributed by atoms with van der Waals surface area (Å²) in [6.07, 6.45) is 1.85. The largest absolute Gasteiger partial charge is 0.310 e. The molecule has 16 heavy (non-hydrogen) atoms. The van der Waals surface area contributed by atoms with Crippen LogP contribution in [-0.4, -0.2) is 16.2 Å². The first kappa shape index (κ1) is 11.1. The molecule has 0 radical (unpaired) electrons. The summed E-state index contributed by atoms with van der Waals surface area (Å²) in [7, 11) is 0. The highest BCUT2D eigenvalue weighted by Gasteiger charge is 2.06. The molecule has 1 atom stereocenters. The van der Waals surface area contributed by atoms with Crippen molar-refractivity contribution >= 4 is 10.9 Å². The quantitative estimate of drug-likeness (QED) is 0.826. The monoisotopic (exact) mass is 217 g/mol. The summed E-state index contributed by atoms with van der Waals surface area (Å²) in [5, 5.41) is 11.7. The van der Waals surface area contributed by atoms with Gasteiger partial charge in [0.25, 0.3) is 0 Å². The van der Waals surface area contributed by atoms with E-state index in [4.69, 9.17) is 0 Å². The number of hydrogen-bond donors (Lipinski definition) is 2. The molecule has 3 heteroatoms. The molecular weight excluding hydrogens is 198 g/mol. The highest BCUT2D eigenvalue weighted by molar-refractivity contribution is 5.78. The van der Waals surface area contributed by atoms with E-state index in [0.717, 1.165) is 12.1 Å². The van der Waals surface area contributed by atoms with Crippen LogP contribution >= 0.6 is 0 Å². The maximum absolute atomic E-state index is 4.02. The van der Waals surface area contributed by atoms with Crippen LogP contribution in [0.5, 0.6) is 0 Å². The molecule has 0 fully saturated rings. The predicted octanol–water partition coefficient (Wildman–Crippen LogP) is 2.70. The van der Waals surface area contributed by atoms with E-state index in [1.807, 2.05) is 6.20 Å². The Hall–Kier alpha value is -1.35. The molecule has 0 saturated carbocycles. The van der Waals surface area contributed by atoms with Gasteiger partial charge in [0, 0.05) is 18.0 Å². The zero-order valence-electron chi connectivity index (χ0n) is 10.1. The Morgan fingerprint density at radius 2 is 2.12 bits per heavy atom. The van der Waals surface area contributed by atoms with Crippen molar-refractivity contribution in [2.75, 3.05) is 0 Å². The molecule has 86 valence electrons. The third-order valence-electron chi connectivity index (χ3n) is 3.13. The van der Waals surface area contributed by atoms with Crippen LogP contribution in [0.3, 0.4) is 0 Å². The Balaban J connectivity index is 2.04.